The zero-order valence-corrected chi connectivity index (χ0v) is 9.95. The van der Waals surface area contributed by atoms with Crippen molar-refractivity contribution in [1.29, 1.82) is 0 Å². The number of hydrogen-bond acceptors (Lipinski definition) is 2. The molecule has 1 fully saturated rings. The molecule has 0 saturated heterocycles. The maximum Gasteiger partial charge on any atom is 0.105 e. The molecule has 94 valence electrons. The molecule has 0 heterocycles. The van der Waals surface area contributed by atoms with E-state index in [0.717, 1.165) is 25.7 Å². The second-order valence-corrected chi connectivity index (χ2v) is 5.92. The lowest BCUT2D eigenvalue weighted by atomic mass is 9.55. The minimum atomic E-state index is -0.877. The van der Waals surface area contributed by atoms with Crippen LogP contribution >= 0.6 is 0 Å². The molecule has 1 saturated carbocycles. The van der Waals surface area contributed by atoms with Crippen molar-refractivity contribution < 1.29 is 14.6 Å². The van der Waals surface area contributed by atoms with Gasteiger partial charge in [-0.25, -0.2) is 4.39 Å². The highest BCUT2D eigenvalue weighted by Gasteiger charge is 2.52. The largest absolute Gasteiger partial charge is 0.513 e. The quantitative estimate of drug-likeness (QED) is 0.735. The molecule has 3 heteroatoms. The van der Waals surface area contributed by atoms with Crippen LogP contribution in [0.3, 0.4) is 0 Å². The Balaban J connectivity index is 1.90. The molecule has 0 aromatic heterocycles. The van der Waals surface area contributed by atoms with Crippen molar-refractivity contribution in [2.75, 3.05) is 0 Å². The van der Waals surface area contributed by atoms with E-state index in [4.69, 9.17) is 0 Å². The Morgan fingerprint density at radius 2 is 1.94 bits per heavy atom. The normalized spacial score (nSPS) is 45.4. The van der Waals surface area contributed by atoms with E-state index in [2.05, 4.69) is 0 Å². The third-order valence-electron chi connectivity index (χ3n) is 5.05. The summed E-state index contributed by atoms with van der Waals surface area (Å²) in [6.45, 7) is 0. The van der Waals surface area contributed by atoms with Crippen LogP contribution in [0.2, 0.25) is 0 Å². The predicted octanol–water partition coefficient (Wildman–Crippen LogP) is 3.39. The average Bonchev–Trinajstić information content (AvgIpc) is 2.30. The van der Waals surface area contributed by atoms with Crippen molar-refractivity contribution in [2.24, 2.45) is 11.3 Å². The summed E-state index contributed by atoms with van der Waals surface area (Å²) in [5, 5.41) is 19.5. The average molecular weight is 238 g/mol. The molecular weight excluding hydrogens is 219 g/mol. The fourth-order valence-corrected chi connectivity index (χ4v) is 3.82. The van der Waals surface area contributed by atoms with Crippen LogP contribution in [0.1, 0.15) is 44.9 Å². The molecule has 4 aliphatic carbocycles. The summed E-state index contributed by atoms with van der Waals surface area (Å²) in [4.78, 5) is 0. The zero-order chi connectivity index (χ0) is 12.1. The first-order valence-electron chi connectivity index (χ1n) is 6.53. The molecule has 4 aliphatic rings. The van der Waals surface area contributed by atoms with E-state index in [-0.39, 0.29) is 11.2 Å². The van der Waals surface area contributed by atoms with Crippen LogP contribution in [0.15, 0.2) is 23.7 Å². The summed E-state index contributed by atoms with van der Waals surface area (Å²) < 4.78 is 14.3. The minimum Gasteiger partial charge on any atom is -0.513 e. The summed E-state index contributed by atoms with van der Waals surface area (Å²) in [6.07, 6.45) is 8.48. The van der Waals surface area contributed by atoms with Crippen LogP contribution < -0.4 is 0 Å². The van der Waals surface area contributed by atoms with Crippen molar-refractivity contribution in [3.05, 3.63) is 23.7 Å². The molecule has 2 bridgehead atoms. The van der Waals surface area contributed by atoms with Gasteiger partial charge in [0.15, 0.2) is 0 Å². The molecule has 17 heavy (non-hydrogen) atoms. The van der Waals surface area contributed by atoms with Crippen LogP contribution in [-0.4, -0.2) is 15.8 Å². The lowest BCUT2D eigenvalue weighted by Crippen LogP contribution is -2.47. The Bertz CT molecular complexity index is 389. The fourth-order valence-electron chi connectivity index (χ4n) is 3.82. The van der Waals surface area contributed by atoms with Crippen molar-refractivity contribution in [1.82, 2.24) is 0 Å². The van der Waals surface area contributed by atoms with Gasteiger partial charge >= 0.3 is 0 Å². The van der Waals surface area contributed by atoms with Gasteiger partial charge in [-0.1, -0.05) is 0 Å². The summed E-state index contributed by atoms with van der Waals surface area (Å²) >= 11 is 0. The second kappa shape index (κ2) is 3.58. The molecule has 0 radical (unpaired) electrons. The second-order valence-electron chi connectivity index (χ2n) is 5.92. The van der Waals surface area contributed by atoms with E-state index in [1.165, 1.54) is 6.08 Å². The van der Waals surface area contributed by atoms with E-state index >= 15 is 0 Å². The Morgan fingerprint density at radius 3 is 2.47 bits per heavy atom. The monoisotopic (exact) mass is 238 g/mol. The van der Waals surface area contributed by atoms with Crippen LogP contribution in [0.4, 0.5) is 4.39 Å². The molecule has 1 atom stereocenters. The topological polar surface area (TPSA) is 40.5 Å². The van der Waals surface area contributed by atoms with E-state index in [1.54, 1.807) is 0 Å². The standard InChI is InChI=1S/C14H19FO2/c15-12-9-13(17)5-7-14(12,8-6-13)10-1-3-11(16)4-2-10/h3,9-10,16-17H,1-2,4-8H2. The number of fused-ring (bicyclic) bond motifs is 2. The first-order chi connectivity index (χ1) is 8.04. The number of halogens is 1. The van der Waals surface area contributed by atoms with Crippen LogP contribution in [0, 0.1) is 11.3 Å². The molecule has 0 aromatic carbocycles. The Labute approximate surface area is 101 Å². The fraction of sp³-hybridized carbons (Fsp3) is 0.714. The molecule has 0 spiro atoms. The first kappa shape index (κ1) is 11.3. The van der Waals surface area contributed by atoms with Crippen LogP contribution in [0.5, 0.6) is 0 Å². The Morgan fingerprint density at radius 1 is 1.24 bits per heavy atom. The van der Waals surface area contributed by atoms with Crippen LogP contribution in [0.25, 0.3) is 0 Å². The van der Waals surface area contributed by atoms with E-state index in [1.807, 2.05) is 6.08 Å². The van der Waals surface area contributed by atoms with Crippen molar-refractivity contribution >= 4 is 0 Å². The molecule has 1 unspecified atom stereocenters. The van der Waals surface area contributed by atoms with Gasteiger partial charge in [0.25, 0.3) is 0 Å². The van der Waals surface area contributed by atoms with Gasteiger partial charge in [0.1, 0.15) is 5.83 Å². The van der Waals surface area contributed by atoms with Crippen molar-refractivity contribution in [3.63, 3.8) is 0 Å². The minimum absolute atomic E-state index is 0.0997. The van der Waals surface area contributed by atoms with E-state index in [0.29, 0.717) is 30.9 Å². The van der Waals surface area contributed by atoms with E-state index in [9.17, 15) is 14.6 Å². The summed E-state index contributed by atoms with van der Waals surface area (Å²) in [6, 6.07) is 0. The van der Waals surface area contributed by atoms with Crippen molar-refractivity contribution in [3.8, 4) is 0 Å². The smallest absolute Gasteiger partial charge is 0.105 e. The number of hydrogen-bond donors (Lipinski definition) is 2. The Hall–Kier alpha value is -0.830. The van der Waals surface area contributed by atoms with E-state index < -0.39 is 5.60 Å². The van der Waals surface area contributed by atoms with Gasteiger partial charge in [0, 0.05) is 11.8 Å². The van der Waals surface area contributed by atoms with Gasteiger partial charge in [-0.05, 0) is 56.6 Å². The van der Waals surface area contributed by atoms with Crippen molar-refractivity contribution in [2.45, 2.75) is 50.5 Å². The van der Waals surface area contributed by atoms with Gasteiger partial charge < -0.3 is 10.2 Å². The maximum absolute atomic E-state index is 14.3. The molecule has 2 N–H and O–H groups in total. The highest BCUT2D eigenvalue weighted by molar-refractivity contribution is 5.25. The SMILES string of the molecule is OC1=CCC(C23CCC(O)(C=C2F)CC3)CC1. The van der Waals surface area contributed by atoms with Gasteiger partial charge in [-0.3, -0.25) is 0 Å². The molecule has 4 rings (SSSR count). The van der Waals surface area contributed by atoms with Gasteiger partial charge in [0.05, 0.1) is 11.4 Å². The maximum atomic E-state index is 14.3. The highest BCUT2D eigenvalue weighted by atomic mass is 19.1. The number of rotatable bonds is 1. The number of allylic oxidation sites excluding steroid dienone is 3. The summed E-state index contributed by atoms with van der Waals surface area (Å²) in [5.74, 6) is 0.641. The lowest BCUT2D eigenvalue weighted by molar-refractivity contribution is -0.0411. The summed E-state index contributed by atoms with van der Waals surface area (Å²) in [7, 11) is 0. The molecule has 0 aromatic rings. The number of aliphatic hydroxyl groups is 2. The van der Waals surface area contributed by atoms with Gasteiger partial charge in [0.2, 0.25) is 0 Å². The Kier molecular flexibility index (Phi) is 2.37. The third-order valence-corrected chi connectivity index (χ3v) is 5.05. The molecule has 2 nitrogen and oxygen atoms in total. The molecule has 0 aliphatic heterocycles. The zero-order valence-electron chi connectivity index (χ0n) is 9.95. The lowest BCUT2D eigenvalue weighted by Gasteiger charge is -2.51. The van der Waals surface area contributed by atoms with Gasteiger partial charge in [-0.2, -0.15) is 0 Å². The molecule has 0 amide bonds. The van der Waals surface area contributed by atoms with Gasteiger partial charge in [-0.15, -0.1) is 0 Å². The predicted molar refractivity (Wildman–Crippen MR) is 63.1 cm³/mol. The number of aliphatic hydroxyl groups excluding tert-OH is 1. The highest BCUT2D eigenvalue weighted by Crippen LogP contribution is 2.58. The molecular formula is C14H19FO2. The first-order valence-corrected chi connectivity index (χ1v) is 6.53. The third kappa shape index (κ3) is 1.63. The summed E-state index contributed by atoms with van der Waals surface area (Å²) in [5.41, 5.74) is -1.22. The van der Waals surface area contributed by atoms with Crippen LogP contribution in [-0.2, 0) is 0 Å².